The van der Waals surface area contributed by atoms with Gasteiger partial charge >= 0.3 is 18.1 Å². The van der Waals surface area contributed by atoms with Gasteiger partial charge in [0.05, 0.1) is 22.8 Å². The minimum absolute atomic E-state index is 0.162. The molecule has 0 spiro atoms. The van der Waals surface area contributed by atoms with Gasteiger partial charge < -0.3 is 9.47 Å². The predicted octanol–water partition coefficient (Wildman–Crippen LogP) is 5.00. The van der Waals surface area contributed by atoms with Crippen molar-refractivity contribution >= 4 is 27.7 Å². The Kier molecular flexibility index (Phi) is 8.34. The highest BCUT2D eigenvalue weighted by molar-refractivity contribution is 7.90. The van der Waals surface area contributed by atoms with Crippen molar-refractivity contribution in [3.63, 3.8) is 0 Å². The lowest BCUT2D eigenvalue weighted by molar-refractivity contribution is -0.165. The molecule has 0 amide bonds. The molecule has 1 N–H and O–H groups in total. The molecule has 0 radical (unpaired) electrons. The van der Waals surface area contributed by atoms with E-state index in [-0.39, 0.29) is 12.3 Å². The molecule has 12 heteroatoms. The van der Waals surface area contributed by atoms with Crippen LogP contribution < -0.4 is 4.72 Å². The van der Waals surface area contributed by atoms with E-state index >= 15 is 0 Å². The summed E-state index contributed by atoms with van der Waals surface area (Å²) in [6.07, 6.45) is -4.90. The number of sulfonamides is 1. The van der Waals surface area contributed by atoms with Gasteiger partial charge in [0.1, 0.15) is 5.60 Å². The summed E-state index contributed by atoms with van der Waals surface area (Å²) in [5.74, 6) is -2.47. The van der Waals surface area contributed by atoms with Gasteiger partial charge in [0.25, 0.3) is 0 Å². The van der Waals surface area contributed by atoms with Gasteiger partial charge in [-0.3, -0.25) is 4.99 Å². The number of alkyl halides is 3. The minimum Gasteiger partial charge on any atom is -0.464 e. The summed E-state index contributed by atoms with van der Waals surface area (Å²) < 4.78 is 81.4. The Bertz CT molecular complexity index is 1580. The number of aliphatic imine (C=N–C) groups is 1. The van der Waals surface area contributed by atoms with Gasteiger partial charge in [-0.1, -0.05) is 60.7 Å². The monoisotopic (exact) mass is 602 g/mol. The van der Waals surface area contributed by atoms with Crippen LogP contribution in [-0.2, 0) is 40.8 Å². The normalized spacial score (nSPS) is 18.5. The number of benzene rings is 3. The molecule has 0 bridgehead atoms. The van der Waals surface area contributed by atoms with Crippen LogP contribution >= 0.6 is 0 Å². The highest BCUT2D eigenvalue weighted by Gasteiger charge is 2.62. The summed E-state index contributed by atoms with van der Waals surface area (Å²) >= 11 is 0. The lowest BCUT2D eigenvalue weighted by atomic mass is 9.82. The standard InChI is InChI=1S/C30H29F3N2O6S/c1-5-40-27(37)29(22-18-21(30(31,32)33)16-17-23(22)42(38,39)35-29)25(26(36)41-28(2,3)4)34-24(19-12-8-6-9-13-19)20-14-10-7-11-15-20/h6-18,25,35H,5H2,1-4H3/t25-,29+/m1/s1. The molecule has 1 aliphatic heterocycles. The Morgan fingerprint density at radius 3 is 1.95 bits per heavy atom. The predicted molar refractivity (Wildman–Crippen MR) is 148 cm³/mol. The van der Waals surface area contributed by atoms with Crippen molar-refractivity contribution in [2.24, 2.45) is 4.99 Å². The van der Waals surface area contributed by atoms with Crippen molar-refractivity contribution in [1.82, 2.24) is 4.72 Å². The van der Waals surface area contributed by atoms with Gasteiger partial charge in [-0.25, -0.2) is 18.0 Å². The van der Waals surface area contributed by atoms with E-state index < -0.39 is 61.3 Å². The number of hydrogen-bond acceptors (Lipinski definition) is 7. The summed E-state index contributed by atoms with van der Waals surface area (Å²) in [4.78, 5) is 31.8. The number of nitrogens with one attached hydrogen (secondary N) is 1. The highest BCUT2D eigenvalue weighted by Crippen LogP contribution is 2.44. The first-order valence-corrected chi connectivity index (χ1v) is 14.4. The molecule has 0 saturated heterocycles. The third-order valence-electron chi connectivity index (χ3n) is 6.31. The van der Waals surface area contributed by atoms with Gasteiger partial charge in [-0.2, -0.15) is 17.9 Å². The van der Waals surface area contributed by atoms with Gasteiger partial charge in [0, 0.05) is 16.7 Å². The second-order valence-corrected chi connectivity index (χ2v) is 12.1. The van der Waals surface area contributed by atoms with Crippen LogP contribution in [0.2, 0.25) is 0 Å². The SMILES string of the molecule is CCOC(=O)[C@]1([C@H](N=C(c2ccccc2)c2ccccc2)C(=O)OC(C)(C)C)NS(=O)(=O)c2ccc(C(F)(F)F)cc21. The molecule has 0 aliphatic carbocycles. The van der Waals surface area contributed by atoms with Gasteiger partial charge in [-0.05, 0) is 45.9 Å². The molecule has 1 aliphatic rings. The average Bonchev–Trinajstić information content (AvgIpc) is 3.16. The van der Waals surface area contributed by atoms with Crippen LogP contribution in [0.15, 0.2) is 88.8 Å². The number of hydrogen-bond donors (Lipinski definition) is 1. The first-order valence-electron chi connectivity index (χ1n) is 12.9. The number of ether oxygens (including phenoxy) is 2. The molecule has 4 rings (SSSR count). The van der Waals surface area contributed by atoms with Gasteiger partial charge in [-0.15, -0.1) is 0 Å². The molecule has 0 saturated carbocycles. The van der Waals surface area contributed by atoms with Crippen LogP contribution in [0.5, 0.6) is 0 Å². The van der Waals surface area contributed by atoms with Gasteiger partial charge in [0.2, 0.25) is 10.0 Å². The number of rotatable bonds is 7. The molecular formula is C30H29F3N2O6S. The third kappa shape index (κ3) is 6.09. The highest BCUT2D eigenvalue weighted by atomic mass is 32.2. The Labute approximate surface area is 241 Å². The lowest BCUT2D eigenvalue weighted by Crippen LogP contribution is -2.59. The van der Waals surface area contributed by atoms with E-state index in [1.807, 2.05) is 0 Å². The fourth-order valence-electron chi connectivity index (χ4n) is 4.60. The number of esters is 2. The Balaban J connectivity index is 2.13. The summed E-state index contributed by atoms with van der Waals surface area (Å²) in [7, 11) is -4.62. The zero-order valence-corrected chi connectivity index (χ0v) is 24.0. The molecule has 1 heterocycles. The molecular weight excluding hydrogens is 573 g/mol. The molecule has 0 fully saturated rings. The van der Waals surface area contributed by atoms with Crippen LogP contribution in [-0.4, -0.2) is 44.3 Å². The topological polar surface area (TPSA) is 111 Å². The molecule has 3 aromatic carbocycles. The Morgan fingerprint density at radius 2 is 1.48 bits per heavy atom. The zero-order chi connectivity index (χ0) is 30.9. The van der Waals surface area contributed by atoms with E-state index in [2.05, 4.69) is 9.71 Å². The average molecular weight is 603 g/mol. The van der Waals surface area contributed by atoms with Gasteiger partial charge in [0.15, 0.2) is 11.6 Å². The van der Waals surface area contributed by atoms with Crippen LogP contribution in [0.3, 0.4) is 0 Å². The molecule has 3 aromatic rings. The molecule has 0 aromatic heterocycles. The zero-order valence-electron chi connectivity index (χ0n) is 23.2. The summed E-state index contributed by atoms with van der Waals surface area (Å²) in [6.45, 7) is 5.81. The van der Waals surface area contributed by atoms with E-state index in [0.29, 0.717) is 23.3 Å². The van der Waals surface area contributed by atoms with E-state index in [1.165, 1.54) is 6.92 Å². The van der Waals surface area contributed by atoms with Crippen LogP contribution in [0.4, 0.5) is 13.2 Å². The van der Waals surface area contributed by atoms with Crippen molar-refractivity contribution in [3.8, 4) is 0 Å². The van der Waals surface area contributed by atoms with Crippen LogP contribution in [0.1, 0.15) is 49.9 Å². The first kappa shape index (κ1) is 30.9. The summed E-state index contributed by atoms with van der Waals surface area (Å²) in [5.41, 5.74) is -4.60. The van der Waals surface area contributed by atoms with Crippen LogP contribution in [0, 0.1) is 0 Å². The summed E-state index contributed by atoms with van der Waals surface area (Å²) in [5, 5.41) is 0. The van der Waals surface area contributed by atoms with Crippen LogP contribution in [0.25, 0.3) is 0 Å². The second kappa shape index (κ2) is 11.3. The molecule has 0 unspecified atom stereocenters. The Hall–Kier alpha value is -4.03. The van der Waals surface area contributed by atoms with Crippen molar-refractivity contribution < 1.29 is 40.7 Å². The molecule has 222 valence electrons. The molecule has 2 atom stereocenters. The second-order valence-electron chi connectivity index (χ2n) is 10.5. The Morgan fingerprint density at radius 1 is 0.929 bits per heavy atom. The fraction of sp³-hybridized carbons (Fsp3) is 0.300. The number of fused-ring (bicyclic) bond motifs is 1. The maximum atomic E-state index is 14.0. The molecule has 8 nitrogen and oxygen atoms in total. The van der Waals surface area contributed by atoms with Crippen molar-refractivity contribution in [2.75, 3.05) is 6.61 Å². The summed E-state index contributed by atoms with van der Waals surface area (Å²) in [6, 6.07) is 16.9. The van der Waals surface area contributed by atoms with E-state index in [1.54, 1.807) is 81.4 Å². The minimum atomic E-state index is -4.90. The largest absolute Gasteiger partial charge is 0.464 e. The maximum absolute atomic E-state index is 14.0. The quantitative estimate of drug-likeness (QED) is 0.301. The smallest absolute Gasteiger partial charge is 0.416 e. The van der Waals surface area contributed by atoms with E-state index in [9.17, 15) is 31.2 Å². The first-order chi connectivity index (χ1) is 19.6. The number of nitrogens with zero attached hydrogens (tertiary/aromatic N) is 1. The van der Waals surface area contributed by atoms with E-state index in [0.717, 1.165) is 6.07 Å². The fourth-order valence-corrected chi connectivity index (χ4v) is 6.20. The maximum Gasteiger partial charge on any atom is 0.416 e. The van der Waals surface area contributed by atoms with E-state index in [4.69, 9.17) is 9.47 Å². The lowest BCUT2D eigenvalue weighted by Gasteiger charge is -2.34. The number of carbonyl (C=O) groups excluding carboxylic acids is 2. The van der Waals surface area contributed by atoms with Crippen molar-refractivity contribution in [3.05, 3.63) is 101 Å². The number of halogens is 3. The third-order valence-corrected chi connectivity index (χ3v) is 7.83. The van der Waals surface area contributed by atoms with Crippen molar-refractivity contribution in [1.29, 1.82) is 0 Å². The van der Waals surface area contributed by atoms with Crippen molar-refractivity contribution in [2.45, 2.75) is 55.9 Å². The molecule has 42 heavy (non-hydrogen) atoms. The number of carbonyl (C=O) groups is 2.